The van der Waals surface area contributed by atoms with Crippen LogP contribution in [0.3, 0.4) is 0 Å². The summed E-state index contributed by atoms with van der Waals surface area (Å²) in [7, 11) is 1.43. The van der Waals surface area contributed by atoms with Crippen molar-refractivity contribution in [2.45, 2.75) is 13.0 Å². The maximum Gasteiger partial charge on any atom is 0.342 e. The highest BCUT2D eigenvalue weighted by atomic mass is 16.6. The Bertz CT molecular complexity index is 565. The number of aliphatic hydroxyl groups excluding tert-OH is 1. The Hall–Kier alpha value is -2.54. The lowest BCUT2D eigenvalue weighted by atomic mass is 10.2. The molecule has 7 nitrogen and oxygen atoms in total. The number of rotatable bonds is 7. The fraction of sp³-hybridized carbons (Fsp3) is 0.333. The minimum atomic E-state index is -1.17. The van der Waals surface area contributed by atoms with Crippen molar-refractivity contribution in [3.8, 4) is 11.5 Å². The Morgan fingerprint density at radius 3 is 2.45 bits per heavy atom. The molecule has 0 fully saturated rings. The zero-order chi connectivity index (χ0) is 16.7. The van der Waals surface area contributed by atoms with Crippen molar-refractivity contribution in [2.75, 3.05) is 20.3 Å². The number of phenolic OH excluding ortho intramolecular Hbond substituents is 1. The number of methoxy groups -OCH3 is 1. The summed E-state index contributed by atoms with van der Waals surface area (Å²) in [4.78, 5) is 22.9. The van der Waals surface area contributed by atoms with E-state index in [-0.39, 0.29) is 30.1 Å². The third kappa shape index (κ3) is 5.10. The van der Waals surface area contributed by atoms with Gasteiger partial charge in [-0.1, -0.05) is 6.58 Å². The highest BCUT2D eigenvalue weighted by Crippen LogP contribution is 2.23. The second-order valence-electron chi connectivity index (χ2n) is 4.51. The maximum absolute atomic E-state index is 11.8. The number of aliphatic hydroxyl groups is 1. The lowest BCUT2D eigenvalue weighted by Crippen LogP contribution is -2.25. The van der Waals surface area contributed by atoms with Gasteiger partial charge in [0.15, 0.2) is 0 Å². The first-order chi connectivity index (χ1) is 10.3. The highest BCUT2D eigenvalue weighted by molar-refractivity contribution is 5.92. The van der Waals surface area contributed by atoms with Crippen LogP contribution in [0.2, 0.25) is 0 Å². The van der Waals surface area contributed by atoms with E-state index < -0.39 is 18.0 Å². The maximum atomic E-state index is 11.8. The van der Waals surface area contributed by atoms with E-state index in [0.717, 1.165) is 0 Å². The van der Waals surface area contributed by atoms with E-state index in [1.54, 1.807) is 0 Å². The van der Waals surface area contributed by atoms with Crippen molar-refractivity contribution in [3.63, 3.8) is 0 Å². The molecule has 0 amide bonds. The molecule has 0 aliphatic rings. The molecule has 0 heterocycles. The van der Waals surface area contributed by atoms with Crippen LogP contribution in [-0.4, -0.2) is 48.6 Å². The molecule has 0 unspecified atom stereocenters. The SMILES string of the molecule is C=C(C)C(=O)OC[C@H](O)COC(=O)c1ccc(OC)cc1O. The molecule has 0 bridgehead atoms. The van der Waals surface area contributed by atoms with E-state index in [0.29, 0.717) is 5.75 Å². The molecule has 1 aromatic carbocycles. The zero-order valence-electron chi connectivity index (χ0n) is 12.4. The van der Waals surface area contributed by atoms with Crippen LogP contribution in [0.1, 0.15) is 17.3 Å². The van der Waals surface area contributed by atoms with Crippen LogP contribution in [0.4, 0.5) is 0 Å². The second kappa shape index (κ2) is 8.04. The number of benzene rings is 1. The Balaban J connectivity index is 2.49. The number of hydrogen-bond donors (Lipinski definition) is 2. The summed E-state index contributed by atoms with van der Waals surface area (Å²) in [6.45, 7) is 4.16. The van der Waals surface area contributed by atoms with Crippen molar-refractivity contribution in [1.29, 1.82) is 0 Å². The van der Waals surface area contributed by atoms with Crippen molar-refractivity contribution >= 4 is 11.9 Å². The minimum Gasteiger partial charge on any atom is -0.507 e. The van der Waals surface area contributed by atoms with Crippen LogP contribution in [0.25, 0.3) is 0 Å². The van der Waals surface area contributed by atoms with Gasteiger partial charge in [-0.15, -0.1) is 0 Å². The summed E-state index contributed by atoms with van der Waals surface area (Å²) in [5.74, 6) is -1.36. The molecule has 120 valence electrons. The standard InChI is InChI=1S/C15H18O7/c1-9(2)14(18)21-7-10(16)8-22-15(19)12-5-4-11(20-3)6-13(12)17/h4-6,10,16-17H,1,7-8H2,2-3H3/t10-/m0/s1. The smallest absolute Gasteiger partial charge is 0.342 e. The van der Waals surface area contributed by atoms with E-state index in [2.05, 4.69) is 6.58 Å². The predicted octanol–water partition coefficient (Wildman–Crippen LogP) is 1.04. The molecule has 0 aliphatic heterocycles. The van der Waals surface area contributed by atoms with Crippen LogP contribution < -0.4 is 4.74 Å². The topological polar surface area (TPSA) is 102 Å². The van der Waals surface area contributed by atoms with Crippen LogP contribution in [0.15, 0.2) is 30.4 Å². The molecule has 0 aliphatic carbocycles. The van der Waals surface area contributed by atoms with Gasteiger partial charge in [0.25, 0.3) is 0 Å². The van der Waals surface area contributed by atoms with Crippen LogP contribution in [0.5, 0.6) is 11.5 Å². The molecule has 0 radical (unpaired) electrons. The molecule has 1 atom stereocenters. The normalized spacial score (nSPS) is 11.4. The van der Waals surface area contributed by atoms with Gasteiger partial charge in [0, 0.05) is 11.6 Å². The Labute approximate surface area is 127 Å². The molecule has 0 saturated heterocycles. The van der Waals surface area contributed by atoms with Crippen molar-refractivity contribution < 1.29 is 34.0 Å². The van der Waals surface area contributed by atoms with Gasteiger partial charge in [-0.05, 0) is 19.1 Å². The molecular formula is C15H18O7. The van der Waals surface area contributed by atoms with Gasteiger partial charge >= 0.3 is 11.9 Å². The van der Waals surface area contributed by atoms with E-state index in [1.807, 2.05) is 0 Å². The van der Waals surface area contributed by atoms with Gasteiger partial charge in [0.1, 0.15) is 36.4 Å². The van der Waals surface area contributed by atoms with Crippen molar-refractivity contribution in [3.05, 3.63) is 35.9 Å². The second-order valence-corrected chi connectivity index (χ2v) is 4.51. The highest BCUT2D eigenvalue weighted by Gasteiger charge is 2.16. The predicted molar refractivity (Wildman–Crippen MR) is 76.7 cm³/mol. The van der Waals surface area contributed by atoms with Gasteiger partial charge in [-0.2, -0.15) is 0 Å². The molecule has 7 heteroatoms. The Morgan fingerprint density at radius 1 is 1.27 bits per heavy atom. The van der Waals surface area contributed by atoms with Crippen LogP contribution >= 0.6 is 0 Å². The summed E-state index contributed by atoms with van der Waals surface area (Å²) >= 11 is 0. The lowest BCUT2D eigenvalue weighted by molar-refractivity contribution is -0.142. The average molecular weight is 310 g/mol. The zero-order valence-corrected chi connectivity index (χ0v) is 12.4. The number of hydrogen-bond acceptors (Lipinski definition) is 7. The monoisotopic (exact) mass is 310 g/mol. The number of esters is 2. The van der Waals surface area contributed by atoms with Crippen molar-refractivity contribution in [1.82, 2.24) is 0 Å². The summed E-state index contributed by atoms with van der Waals surface area (Å²) in [6.07, 6.45) is -1.17. The third-order valence-electron chi connectivity index (χ3n) is 2.59. The molecule has 0 spiro atoms. The van der Waals surface area contributed by atoms with E-state index in [1.165, 1.54) is 32.2 Å². The first kappa shape index (κ1) is 17.5. The molecule has 1 aromatic rings. The van der Waals surface area contributed by atoms with E-state index in [9.17, 15) is 19.8 Å². The fourth-order valence-electron chi connectivity index (χ4n) is 1.40. The number of aromatic hydroxyl groups is 1. The molecule has 1 rings (SSSR count). The summed E-state index contributed by atoms with van der Waals surface area (Å²) in [6, 6.07) is 4.09. The van der Waals surface area contributed by atoms with Gasteiger partial charge < -0.3 is 24.4 Å². The van der Waals surface area contributed by atoms with Gasteiger partial charge in [0.2, 0.25) is 0 Å². The van der Waals surface area contributed by atoms with Gasteiger partial charge in [-0.3, -0.25) is 0 Å². The Kier molecular flexibility index (Phi) is 6.40. The first-order valence-electron chi connectivity index (χ1n) is 6.40. The number of carbonyl (C=O) groups is 2. The third-order valence-corrected chi connectivity index (χ3v) is 2.59. The Morgan fingerprint density at radius 2 is 1.91 bits per heavy atom. The summed E-state index contributed by atoms with van der Waals surface area (Å²) in [5, 5.41) is 19.2. The first-order valence-corrected chi connectivity index (χ1v) is 6.40. The quantitative estimate of drug-likeness (QED) is 0.573. The van der Waals surface area contributed by atoms with Gasteiger partial charge in [-0.25, -0.2) is 9.59 Å². The van der Waals surface area contributed by atoms with E-state index >= 15 is 0 Å². The van der Waals surface area contributed by atoms with Gasteiger partial charge in [0.05, 0.1) is 7.11 Å². The minimum absolute atomic E-state index is 0.0630. The number of phenols is 1. The largest absolute Gasteiger partial charge is 0.507 e. The number of ether oxygens (including phenoxy) is 3. The van der Waals surface area contributed by atoms with Crippen molar-refractivity contribution in [2.24, 2.45) is 0 Å². The van der Waals surface area contributed by atoms with Crippen LogP contribution in [0, 0.1) is 0 Å². The average Bonchev–Trinajstić information content (AvgIpc) is 2.49. The fourth-order valence-corrected chi connectivity index (χ4v) is 1.40. The van der Waals surface area contributed by atoms with E-state index in [4.69, 9.17) is 14.2 Å². The lowest BCUT2D eigenvalue weighted by Gasteiger charge is -2.12. The molecule has 0 aromatic heterocycles. The van der Waals surface area contributed by atoms with Crippen LogP contribution in [-0.2, 0) is 14.3 Å². The summed E-state index contributed by atoms with van der Waals surface area (Å²) in [5.41, 5.74) is 0.138. The number of carbonyl (C=O) groups excluding carboxylic acids is 2. The molecule has 0 saturated carbocycles. The summed E-state index contributed by atoms with van der Waals surface area (Å²) < 4.78 is 14.4. The molecule has 22 heavy (non-hydrogen) atoms. The molecule has 2 N–H and O–H groups in total. The molecular weight excluding hydrogens is 292 g/mol.